The number of amides is 8. The zero-order chi connectivity index (χ0) is 54.4. The highest BCUT2D eigenvalue weighted by atomic mass is 16.6. The number of aromatic nitrogens is 2. The van der Waals surface area contributed by atoms with Crippen molar-refractivity contribution < 1.29 is 43.3 Å². The van der Waals surface area contributed by atoms with Crippen LogP contribution in [0.15, 0.2) is 60.9 Å². The molecule has 76 heavy (non-hydrogen) atoms. The van der Waals surface area contributed by atoms with Crippen LogP contribution in [-0.2, 0) is 33.9 Å². The summed E-state index contributed by atoms with van der Waals surface area (Å²) in [5.74, 6) is 0.874. The molecule has 1 saturated carbocycles. The molecule has 4 fully saturated rings. The molecular formula is C51H76N16O9. The summed E-state index contributed by atoms with van der Waals surface area (Å²) in [6.07, 6.45) is 9.43. The first-order valence-corrected chi connectivity index (χ1v) is 26.2. The second-order valence-electron chi connectivity index (χ2n) is 19.2. The molecule has 4 aliphatic rings. The van der Waals surface area contributed by atoms with Gasteiger partial charge in [-0.05, 0) is 93.7 Å². The van der Waals surface area contributed by atoms with Crippen LogP contribution in [0.5, 0.6) is 0 Å². The third-order valence-corrected chi connectivity index (χ3v) is 13.8. The Labute approximate surface area is 443 Å². The quantitative estimate of drug-likeness (QED) is 0.0606. The summed E-state index contributed by atoms with van der Waals surface area (Å²) in [6, 6.07) is 14.1. The predicted octanol–water partition coefficient (Wildman–Crippen LogP) is 4.59. The molecule has 0 radical (unpaired) electrons. The van der Waals surface area contributed by atoms with Crippen molar-refractivity contribution in [1.82, 2.24) is 49.6 Å². The highest BCUT2D eigenvalue weighted by Gasteiger charge is 2.30. The minimum Gasteiger partial charge on any atom is -0.465 e. The zero-order valence-corrected chi connectivity index (χ0v) is 43.6. The number of ether oxygens (including phenoxy) is 2. The molecular weight excluding hydrogens is 981 g/mol. The van der Waals surface area contributed by atoms with E-state index in [4.69, 9.17) is 36.9 Å². The molecule has 414 valence electrons. The van der Waals surface area contributed by atoms with Crippen LogP contribution in [0.2, 0.25) is 0 Å². The number of nitrogens with zero attached hydrogens (tertiary/aromatic N) is 8. The van der Waals surface area contributed by atoms with Gasteiger partial charge in [-0.3, -0.25) is 15.6 Å². The molecule has 1 aliphatic carbocycles. The normalized spacial score (nSPS) is 17.9. The average Bonchev–Trinajstić information content (AvgIpc) is 3.82. The summed E-state index contributed by atoms with van der Waals surface area (Å²) >= 11 is 0. The van der Waals surface area contributed by atoms with Gasteiger partial charge in [-0.25, -0.2) is 29.0 Å². The van der Waals surface area contributed by atoms with Gasteiger partial charge in [0, 0.05) is 128 Å². The van der Waals surface area contributed by atoms with E-state index in [2.05, 4.69) is 30.8 Å². The lowest BCUT2D eigenvalue weighted by molar-refractivity contribution is -0.132. The number of imidazole rings is 1. The van der Waals surface area contributed by atoms with E-state index in [0.29, 0.717) is 135 Å². The van der Waals surface area contributed by atoms with E-state index in [1.165, 1.54) is 4.90 Å². The van der Waals surface area contributed by atoms with Gasteiger partial charge in [0.25, 0.3) is 0 Å². The number of piperazine rings is 3. The Morgan fingerprint density at radius 2 is 1.00 bits per heavy atom. The second kappa shape index (κ2) is 29.2. The molecule has 8 amide bonds. The number of carboxylic acid groups (broad SMARTS) is 1. The zero-order valence-electron chi connectivity index (χ0n) is 43.6. The van der Waals surface area contributed by atoms with Crippen LogP contribution in [0.3, 0.4) is 0 Å². The van der Waals surface area contributed by atoms with Crippen LogP contribution in [0.4, 0.5) is 35.3 Å². The molecule has 1 aromatic heterocycles. The molecule has 3 aliphatic heterocycles. The lowest BCUT2D eigenvalue weighted by atomic mass is 9.96. The van der Waals surface area contributed by atoms with E-state index in [1.54, 1.807) is 55.0 Å². The van der Waals surface area contributed by atoms with E-state index in [9.17, 15) is 28.8 Å². The molecule has 0 atom stereocenters. The predicted molar refractivity (Wildman–Crippen MR) is 285 cm³/mol. The maximum Gasteiger partial charge on any atom is 0.410 e. The molecule has 7 rings (SSSR count). The van der Waals surface area contributed by atoms with Crippen LogP contribution in [0.1, 0.15) is 81.2 Å². The van der Waals surface area contributed by atoms with E-state index in [1.807, 2.05) is 37.4 Å². The number of carbonyl (C=O) groups excluding carboxylic acids is 5. The number of benzene rings is 2. The maximum absolute atomic E-state index is 13.0. The highest BCUT2D eigenvalue weighted by Crippen LogP contribution is 2.24. The molecule has 25 heteroatoms. The van der Waals surface area contributed by atoms with Crippen molar-refractivity contribution in [1.29, 1.82) is 10.8 Å². The Kier molecular flexibility index (Phi) is 22.0. The maximum atomic E-state index is 13.0. The largest absolute Gasteiger partial charge is 0.465 e. The molecule has 0 spiro atoms. The Morgan fingerprint density at radius 3 is 1.39 bits per heavy atom. The van der Waals surface area contributed by atoms with Crippen molar-refractivity contribution >= 4 is 59.5 Å². The van der Waals surface area contributed by atoms with Crippen LogP contribution in [-0.4, -0.2) is 183 Å². The minimum atomic E-state index is -0.901. The monoisotopic (exact) mass is 1060 g/mol. The fourth-order valence-electron chi connectivity index (χ4n) is 9.27. The van der Waals surface area contributed by atoms with Gasteiger partial charge in [0.2, 0.25) is 5.91 Å². The number of rotatable bonds is 14. The standard InChI is InChI=1S/C36H52N12O6.C15H24N4O3/c37-31(38)43-27-11-7-25(8-12-27)23-41-33(49)45-15-19-47(20-16-45)35(51)53-29-3-1-4-30(6-2-5-29)54-36(52)48-21-17-46(18-22-48)34(50)42-24-26-9-13-28(14-10-26)44-32(39)40;1-13-16-6-8-17(13)7-4-2-3-5-14(20)18-9-11-19(12-10-18)15(21)22/h7-14,29-30H,1-6,15-24H2,(H,41,49)(H,42,50)(H4,37,38,43)(H4,39,40,44);6,8H,2-5,7,9-12H2,1H3,(H,21,22)/t29-,30+;. The first kappa shape index (κ1) is 57.3. The summed E-state index contributed by atoms with van der Waals surface area (Å²) in [5, 5.41) is 34.7. The Morgan fingerprint density at radius 1 is 0.592 bits per heavy atom. The summed E-state index contributed by atoms with van der Waals surface area (Å²) in [6.45, 7) is 8.65. The van der Waals surface area contributed by atoms with Crippen molar-refractivity contribution in [2.45, 2.75) is 103 Å². The van der Waals surface area contributed by atoms with Crippen molar-refractivity contribution in [3.8, 4) is 0 Å². The summed E-state index contributed by atoms with van der Waals surface area (Å²) in [7, 11) is 0. The van der Waals surface area contributed by atoms with Crippen LogP contribution in [0, 0.1) is 17.7 Å². The third kappa shape index (κ3) is 18.7. The number of unbranched alkanes of at least 4 members (excludes halogenated alkanes) is 2. The Bertz CT molecular complexity index is 2270. The second-order valence-corrected chi connectivity index (χ2v) is 19.2. The lowest BCUT2D eigenvalue weighted by Gasteiger charge is -2.36. The van der Waals surface area contributed by atoms with Gasteiger partial charge in [0.15, 0.2) is 11.9 Å². The number of hydrogen-bond acceptors (Lipinski definition) is 11. The number of nitrogens with two attached hydrogens (primary N) is 2. The Hall–Kier alpha value is -7.99. The molecule has 0 unspecified atom stereocenters. The fraction of sp³-hybridized carbons (Fsp3) is 0.549. The molecule has 25 nitrogen and oxygen atoms in total. The number of hydrogen-bond donors (Lipinski definition) is 9. The number of nitrogens with one attached hydrogen (secondary N) is 6. The number of guanidine groups is 2. The fourth-order valence-corrected chi connectivity index (χ4v) is 9.27. The Balaban J connectivity index is 0.000000354. The first-order chi connectivity index (χ1) is 36.6. The summed E-state index contributed by atoms with van der Waals surface area (Å²) in [4.78, 5) is 88.3. The van der Waals surface area contributed by atoms with Crippen LogP contribution >= 0.6 is 0 Å². The van der Waals surface area contributed by atoms with E-state index < -0.39 is 6.09 Å². The molecule has 11 N–H and O–H groups in total. The van der Waals surface area contributed by atoms with Gasteiger partial charge >= 0.3 is 30.3 Å². The van der Waals surface area contributed by atoms with Gasteiger partial charge in [0.05, 0.1) is 0 Å². The van der Waals surface area contributed by atoms with Gasteiger partial charge in [0.1, 0.15) is 18.0 Å². The van der Waals surface area contributed by atoms with Gasteiger partial charge in [-0.15, -0.1) is 0 Å². The smallest absolute Gasteiger partial charge is 0.410 e. The lowest BCUT2D eigenvalue weighted by Crippen LogP contribution is -2.53. The first-order valence-electron chi connectivity index (χ1n) is 26.2. The van der Waals surface area contributed by atoms with Gasteiger partial charge in [-0.2, -0.15) is 0 Å². The van der Waals surface area contributed by atoms with Crippen LogP contribution in [0.25, 0.3) is 0 Å². The average molecular weight is 1060 g/mol. The van der Waals surface area contributed by atoms with Crippen molar-refractivity contribution in [2.24, 2.45) is 11.5 Å². The van der Waals surface area contributed by atoms with Gasteiger partial charge < -0.3 is 81.3 Å². The van der Waals surface area contributed by atoms with E-state index >= 15 is 0 Å². The van der Waals surface area contributed by atoms with Crippen molar-refractivity contribution in [2.75, 3.05) is 89.2 Å². The number of carbonyl (C=O) groups is 6. The molecule has 4 heterocycles. The third-order valence-electron chi connectivity index (χ3n) is 13.8. The summed E-state index contributed by atoms with van der Waals surface area (Å²) in [5.41, 5.74) is 13.9. The number of anilines is 2. The molecule has 3 saturated heterocycles. The SMILES string of the molecule is Cc1nccn1CCCCCC(=O)N1CCN(C(=O)O)CC1.N=C(N)Nc1ccc(CNC(=O)N2CCN(C(=O)O[C@H]3CCC[C@@H](OC(=O)N4CCN(C(=O)NCc5ccc(NC(=N)N)cc5)CC4)CCC3)CC2)cc1. The van der Waals surface area contributed by atoms with Gasteiger partial charge in [-0.1, -0.05) is 30.7 Å². The highest BCUT2D eigenvalue weighted by molar-refractivity contribution is 5.90. The van der Waals surface area contributed by atoms with Crippen molar-refractivity contribution in [3.05, 3.63) is 77.9 Å². The molecule has 2 aromatic carbocycles. The van der Waals surface area contributed by atoms with Crippen LogP contribution < -0.4 is 32.7 Å². The number of aryl methyl sites for hydroxylation is 2. The van der Waals surface area contributed by atoms with Crippen molar-refractivity contribution in [3.63, 3.8) is 0 Å². The topological polar surface area (TPSA) is 326 Å². The number of urea groups is 2. The van der Waals surface area contributed by atoms with E-state index in [0.717, 1.165) is 55.6 Å². The van der Waals surface area contributed by atoms with E-state index in [-0.39, 0.29) is 54.3 Å². The molecule has 3 aromatic rings. The summed E-state index contributed by atoms with van der Waals surface area (Å²) < 4.78 is 13.9. The molecule has 0 bridgehead atoms. The minimum absolute atomic E-state index is 0.142.